The average molecular weight is 256 g/mol. The number of pyridine rings is 1. The summed E-state index contributed by atoms with van der Waals surface area (Å²) in [5.41, 5.74) is 4.83. The minimum Gasteiger partial charge on any atom is -0.264 e. The standard InChI is InChI=1S/C18H12N2/c19-12-14-6-1-2-8-16(14)18-10-4-3-9-17(18)15-7-5-11-20-13-15/h1-11,13H. The van der Waals surface area contributed by atoms with Gasteiger partial charge in [0.15, 0.2) is 0 Å². The van der Waals surface area contributed by atoms with Crippen LogP contribution in [0, 0.1) is 11.3 Å². The molecule has 0 spiro atoms. The Bertz CT molecular complexity index is 771. The molecule has 0 aliphatic carbocycles. The predicted molar refractivity (Wildman–Crippen MR) is 79.8 cm³/mol. The summed E-state index contributed by atoms with van der Waals surface area (Å²) in [4.78, 5) is 4.17. The van der Waals surface area contributed by atoms with Crippen molar-refractivity contribution >= 4 is 0 Å². The lowest BCUT2D eigenvalue weighted by Gasteiger charge is -2.10. The molecule has 0 unspecified atom stereocenters. The molecule has 0 aliphatic heterocycles. The Morgan fingerprint density at radius 3 is 2.15 bits per heavy atom. The van der Waals surface area contributed by atoms with Gasteiger partial charge in [-0.2, -0.15) is 5.26 Å². The lowest BCUT2D eigenvalue weighted by molar-refractivity contribution is 1.33. The molecule has 0 saturated heterocycles. The van der Waals surface area contributed by atoms with Crippen molar-refractivity contribution in [2.45, 2.75) is 0 Å². The highest BCUT2D eigenvalue weighted by molar-refractivity contribution is 5.85. The van der Waals surface area contributed by atoms with Crippen molar-refractivity contribution in [3.05, 3.63) is 78.6 Å². The third-order valence-corrected chi connectivity index (χ3v) is 3.24. The van der Waals surface area contributed by atoms with E-state index in [0.717, 1.165) is 22.3 Å². The maximum atomic E-state index is 9.28. The van der Waals surface area contributed by atoms with E-state index in [1.165, 1.54) is 0 Å². The summed E-state index contributed by atoms with van der Waals surface area (Å²) in [6, 6.07) is 22.0. The van der Waals surface area contributed by atoms with Crippen molar-refractivity contribution in [3.63, 3.8) is 0 Å². The van der Waals surface area contributed by atoms with Crippen LogP contribution in [0.15, 0.2) is 73.1 Å². The van der Waals surface area contributed by atoms with E-state index < -0.39 is 0 Å². The van der Waals surface area contributed by atoms with E-state index in [-0.39, 0.29) is 0 Å². The molecule has 2 aromatic carbocycles. The molecule has 0 bridgehead atoms. The first-order chi connectivity index (χ1) is 9.90. The van der Waals surface area contributed by atoms with Crippen LogP contribution in [0.1, 0.15) is 5.56 Å². The van der Waals surface area contributed by atoms with Crippen LogP contribution in [0.25, 0.3) is 22.3 Å². The molecular formula is C18H12N2. The summed E-state index contributed by atoms with van der Waals surface area (Å²) in [6.45, 7) is 0. The molecule has 0 N–H and O–H groups in total. The van der Waals surface area contributed by atoms with Gasteiger partial charge in [-0.1, -0.05) is 48.5 Å². The molecule has 0 atom stereocenters. The van der Waals surface area contributed by atoms with Crippen molar-refractivity contribution < 1.29 is 0 Å². The number of nitrogens with zero attached hydrogens (tertiary/aromatic N) is 2. The fraction of sp³-hybridized carbons (Fsp3) is 0. The lowest BCUT2D eigenvalue weighted by atomic mass is 9.93. The van der Waals surface area contributed by atoms with E-state index in [2.05, 4.69) is 17.1 Å². The van der Waals surface area contributed by atoms with Crippen LogP contribution in [0.5, 0.6) is 0 Å². The molecule has 0 saturated carbocycles. The quantitative estimate of drug-likeness (QED) is 0.686. The third kappa shape index (κ3) is 2.17. The molecule has 2 nitrogen and oxygen atoms in total. The molecule has 94 valence electrons. The highest BCUT2D eigenvalue weighted by Gasteiger charge is 2.09. The Balaban J connectivity index is 2.24. The number of aromatic nitrogens is 1. The molecule has 0 amide bonds. The smallest absolute Gasteiger partial charge is 0.0998 e. The normalized spacial score (nSPS) is 9.95. The van der Waals surface area contributed by atoms with Gasteiger partial charge in [0.25, 0.3) is 0 Å². The van der Waals surface area contributed by atoms with E-state index in [0.29, 0.717) is 5.56 Å². The van der Waals surface area contributed by atoms with Gasteiger partial charge in [-0.15, -0.1) is 0 Å². The molecule has 1 aromatic heterocycles. The summed E-state index contributed by atoms with van der Waals surface area (Å²) in [5, 5.41) is 9.28. The van der Waals surface area contributed by atoms with Crippen LogP contribution in [-0.2, 0) is 0 Å². The van der Waals surface area contributed by atoms with Crippen LogP contribution in [-0.4, -0.2) is 4.98 Å². The summed E-state index contributed by atoms with van der Waals surface area (Å²) >= 11 is 0. The second kappa shape index (κ2) is 5.38. The fourth-order valence-corrected chi connectivity index (χ4v) is 2.31. The van der Waals surface area contributed by atoms with Gasteiger partial charge in [-0.05, 0) is 23.3 Å². The summed E-state index contributed by atoms with van der Waals surface area (Å²) in [6.07, 6.45) is 3.60. The second-order valence-electron chi connectivity index (χ2n) is 4.44. The predicted octanol–water partition coefficient (Wildman–Crippen LogP) is 4.29. The van der Waals surface area contributed by atoms with Crippen molar-refractivity contribution in [1.29, 1.82) is 5.26 Å². The van der Waals surface area contributed by atoms with Crippen LogP contribution >= 0.6 is 0 Å². The Labute approximate surface area is 118 Å². The largest absolute Gasteiger partial charge is 0.264 e. The highest BCUT2D eigenvalue weighted by atomic mass is 14.6. The van der Waals surface area contributed by atoms with Gasteiger partial charge >= 0.3 is 0 Å². The zero-order valence-corrected chi connectivity index (χ0v) is 10.8. The highest BCUT2D eigenvalue weighted by Crippen LogP contribution is 2.33. The molecule has 3 rings (SSSR count). The summed E-state index contributed by atoms with van der Waals surface area (Å²) in [7, 11) is 0. The number of nitriles is 1. The molecule has 0 fully saturated rings. The maximum absolute atomic E-state index is 9.28. The molecule has 0 aliphatic rings. The van der Waals surface area contributed by atoms with Crippen molar-refractivity contribution in [1.82, 2.24) is 4.98 Å². The fourth-order valence-electron chi connectivity index (χ4n) is 2.31. The zero-order chi connectivity index (χ0) is 13.8. The number of benzene rings is 2. The molecule has 3 aromatic rings. The van der Waals surface area contributed by atoms with E-state index in [1.807, 2.05) is 60.8 Å². The number of rotatable bonds is 2. The van der Waals surface area contributed by atoms with Crippen LogP contribution in [0.4, 0.5) is 0 Å². The van der Waals surface area contributed by atoms with E-state index >= 15 is 0 Å². The second-order valence-corrected chi connectivity index (χ2v) is 4.44. The van der Waals surface area contributed by atoms with E-state index in [4.69, 9.17) is 0 Å². The minimum atomic E-state index is 0.684. The average Bonchev–Trinajstić information content (AvgIpc) is 2.55. The Morgan fingerprint density at radius 2 is 1.45 bits per heavy atom. The monoisotopic (exact) mass is 256 g/mol. The maximum Gasteiger partial charge on any atom is 0.0998 e. The summed E-state index contributed by atoms with van der Waals surface area (Å²) in [5.74, 6) is 0. The molecule has 20 heavy (non-hydrogen) atoms. The van der Waals surface area contributed by atoms with Gasteiger partial charge < -0.3 is 0 Å². The molecule has 0 radical (unpaired) electrons. The van der Waals surface area contributed by atoms with Gasteiger partial charge in [-0.3, -0.25) is 4.98 Å². The Hall–Kier alpha value is -2.92. The SMILES string of the molecule is N#Cc1ccccc1-c1ccccc1-c1cccnc1. The topological polar surface area (TPSA) is 36.7 Å². The molecule has 2 heteroatoms. The Morgan fingerprint density at radius 1 is 0.750 bits per heavy atom. The first-order valence-corrected chi connectivity index (χ1v) is 6.39. The van der Waals surface area contributed by atoms with Gasteiger partial charge in [0.05, 0.1) is 11.6 Å². The minimum absolute atomic E-state index is 0.684. The zero-order valence-electron chi connectivity index (χ0n) is 10.8. The van der Waals surface area contributed by atoms with Crippen molar-refractivity contribution in [2.75, 3.05) is 0 Å². The molecular weight excluding hydrogens is 244 g/mol. The first kappa shape index (κ1) is 12.1. The van der Waals surface area contributed by atoms with Crippen LogP contribution in [0.2, 0.25) is 0 Å². The van der Waals surface area contributed by atoms with E-state index in [1.54, 1.807) is 6.20 Å². The number of hydrogen-bond acceptors (Lipinski definition) is 2. The van der Waals surface area contributed by atoms with Crippen molar-refractivity contribution in [3.8, 4) is 28.3 Å². The van der Waals surface area contributed by atoms with E-state index in [9.17, 15) is 5.26 Å². The van der Waals surface area contributed by atoms with Gasteiger partial charge in [0, 0.05) is 23.5 Å². The third-order valence-electron chi connectivity index (χ3n) is 3.24. The summed E-state index contributed by atoms with van der Waals surface area (Å²) < 4.78 is 0. The first-order valence-electron chi connectivity index (χ1n) is 6.39. The Kier molecular flexibility index (Phi) is 3.26. The lowest BCUT2D eigenvalue weighted by Crippen LogP contribution is -1.88. The molecule has 1 heterocycles. The van der Waals surface area contributed by atoms with Gasteiger partial charge in [0.1, 0.15) is 0 Å². The van der Waals surface area contributed by atoms with Crippen LogP contribution in [0.3, 0.4) is 0 Å². The van der Waals surface area contributed by atoms with Gasteiger partial charge in [-0.25, -0.2) is 0 Å². The van der Waals surface area contributed by atoms with Crippen LogP contribution < -0.4 is 0 Å². The van der Waals surface area contributed by atoms with Gasteiger partial charge in [0.2, 0.25) is 0 Å². The number of hydrogen-bond donors (Lipinski definition) is 0. The van der Waals surface area contributed by atoms with Crippen molar-refractivity contribution in [2.24, 2.45) is 0 Å².